The molecule has 30 heavy (non-hydrogen) atoms. The second kappa shape index (κ2) is 10.2. The number of aryl methyl sites for hydroxylation is 2. The fourth-order valence-corrected chi connectivity index (χ4v) is 3.87. The predicted octanol–water partition coefficient (Wildman–Crippen LogP) is 4.63. The van der Waals surface area contributed by atoms with E-state index < -0.39 is 0 Å². The smallest absolute Gasteiger partial charge is 0.267 e. The fourth-order valence-electron chi connectivity index (χ4n) is 3.69. The Hall–Kier alpha value is -2.97. The highest BCUT2D eigenvalue weighted by molar-refractivity contribution is 6.30. The van der Waals surface area contributed by atoms with Gasteiger partial charge in [0.15, 0.2) is 0 Å². The van der Waals surface area contributed by atoms with E-state index in [0.717, 1.165) is 66.5 Å². The molecular formula is C24H27ClN4O. The molecular weight excluding hydrogens is 396 g/mol. The van der Waals surface area contributed by atoms with Crippen LogP contribution in [0.15, 0.2) is 54.2 Å². The molecule has 1 N–H and O–H groups in total. The molecule has 0 unspecified atom stereocenters. The van der Waals surface area contributed by atoms with Gasteiger partial charge in [-0.1, -0.05) is 49.7 Å². The largest absolute Gasteiger partial charge is 0.373 e. The number of hydrogen-bond acceptors (Lipinski definition) is 4. The van der Waals surface area contributed by atoms with Crippen molar-refractivity contribution in [1.29, 1.82) is 5.26 Å². The van der Waals surface area contributed by atoms with Crippen LogP contribution in [0.3, 0.4) is 0 Å². The highest BCUT2D eigenvalue weighted by Gasteiger charge is 2.19. The standard InChI is InChI=1S/C24H27ClN4O/c1-3-18-7-5-8-19(4-2)23(18)27-24(30)20(16-26)17-28-11-13-29(14-12-28)22-10-6-9-21(25)15-22/h5-10,15,17H,3-4,11-14H2,1-2H3,(H,27,30)/b20-17-. The molecule has 0 aliphatic carbocycles. The summed E-state index contributed by atoms with van der Waals surface area (Å²) in [7, 11) is 0. The summed E-state index contributed by atoms with van der Waals surface area (Å²) in [6, 6.07) is 15.9. The molecule has 0 aromatic heterocycles. The lowest BCUT2D eigenvalue weighted by Gasteiger charge is -2.35. The number of carbonyl (C=O) groups excluding carboxylic acids is 1. The van der Waals surface area contributed by atoms with Crippen LogP contribution in [0.1, 0.15) is 25.0 Å². The lowest BCUT2D eigenvalue weighted by atomic mass is 10.0. The number of anilines is 2. The topological polar surface area (TPSA) is 59.4 Å². The first-order valence-corrected chi connectivity index (χ1v) is 10.7. The van der Waals surface area contributed by atoms with E-state index in [9.17, 15) is 10.1 Å². The quantitative estimate of drug-likeness (QED) is 0.544. The summed E-state index contributed by atoms with van der Waals surface area (Å²) < 4.78 is 0. The minimum Gasteiger partial charge on any atom is -0.373 e. The van der Waals surface area contributed by atoms with Crippen LogP contribution < -0.4 is 10.2 Å². The lowest BCUT2D eigenvalue weighted by Crippen LogP contribution is -2.44. The fraction of sp³-hybridized carbons (Fsp3) is 0.333. The van der Waals surface area contributed by atoms with Gasteiger partial charge in [0.25, 0.3) is 5.91 Å². The number of nitrogens with zero attached hydrogens (tertiary/aromatic N) is 3. The zero-order valence-electron chi connectivity index (χ0n) is 17.5. The minimum absolute atomic E-state index is 0.124. The van der Waals surface area contributed by atoms with Crippen LogP contribution in [0.4, 0.5) is 11.4 Å². The van der Waals surface area contributed by atoms with Crippen molar-refractivity contribution >= 4 is 28.9 Å². The third-order valence-corrected chi connectivity index (χ3v) is 5.64. The normalized spacial score (nSPS) is 14.4. The number of piperazine rings is 1. The molecule has 3 rings (SSSR count). The molecule has 1 aliphatic heterocycles. The third-order valence-electron chi connectivity index (χ3n) is 5.40. The number of carbonyl (C=O) groups is 1. The van der Waals surface area contributed by atoms with Crippen LogP contribution in [-0.2, 0) is 17.6 Å². The van der Waals surface area contributed by atoms with Gasteiger partial charge in [0.05, 0.1) is 0 Å². The molecule has 2 aromatic rings. The highest BCUT2D eigenvalue weighted by atomic mass is 35.5. The van der Waals surface area contributed by atoms with Crippen LogP contribution in [0, 0.1) is 11.3 Å². The van der Waals surface area contributed by atoms with Crippen LogP contribution in [0.5, 0.6) is 0 Å². The minimum atomic E-state index is -0.356. The van der Waals surface area contributed by atoms with Crippen LogP contribution >= 0.6 is 11.6 Å². The SMILES string of the molecule is CCc1cccc(CC)c1NC(=O)/C(C#N)=C\N1CCN(c2cccc(Cl)c2)CC1. The molecule has 6 heteroatoms. The Labute approximate surface area is 183 Å². The van der Waals surface area contributed by atoms with Crippen molar-refractivity contribution in [2.75, 3.05) is 36.4 Å². The van der Waals surface area contributed by atoms with E-state index >= 15 is 0 Å². The summed E-state index contributed by atoms with van der Waals surface area (Å²) in [6.45, 7) is 7.19. The van der Waals surface area contributed by atoms with Crippen LogP contribution in [0.25, 0.3) is 0 Å². The van der Waals surface area contributed by atoms with E-state index in [2.05, 4.69) is 30.1 Å². The van der Waals surface area contributed by atoms with Crippen molar-refractivity contribution < 1.29 is 4.79 Å². The van der Waals surface area contributed by atoms with Gasteiger partial charge in [-0.25, -0.2) is 0 Å². The van der Waals surface area contributed by atoms with Crippen molar-refractivity contribution in [2.45, 2.75) is 26.7 Å². The zero-order chi connectivity index (χ0) is 21.5. The van der Waals surface area contributed by atoms with Gasteiger partial charge in [-0.05, 0) is 42.2 Å². The lowest BCUT2D eigenvalue weighted by molar-refractivity contribution is -0.112. The molecule has 0 saturated carbocycles. The van der Waals surface area contributed by atoms with Gasteiger partial charge >= 0.3 is 0 Å². The summed E-state index contributed by atoms with van der Waals surface area (Å²) in [5.41, 5.74) is 4.21. The van der Waals surface area contributed by atoms with E-state index in [-0.39, 0.29) is 11.5 Å². The molecule has 5 nitrogen and oxygen atoms in total. The van der Waals surface area contributed by atoms with Crippen molar-refractivity contribution in [3.63, 3.8) is 0 Å². The Bertz CT molecular complexity index is 949. The number of rotatable bonds is 6. The van der Waals surface area contributed by atoms with Gasteiger partial charge in [0.1, 0.15) is 11.6 Å². The van der Waals surface area contributed by atoms with Crippen molar-refractivity contribution in [1.82, 2.24) is 4.90 Å². The Kier molecular flexibility index (Phi) is 7.37. The number of amides is 1. The highest BCUT2D eigenvalue weighted by Crippen LogP contribution is 2.24. The van der Waals surface area contributed by atoms with E-state index in [0.29, 0.717) is 0 Å². The van der Waals surface area contributed by atoms with Gasteiger partial charge in [-0.3, -0.25) is 4.79 Å². The van der Waals surface area contributed by atoms with E-state index in [4.69, 9.17) is 11.6 Å². The third kappa shape index (κ3) is 5.14. The summed E-state index contributed by atoms with van der Waals surface area (Å²) in [6.07, 6.45) is 3.33. The molecule has 1 saturated heterocycles. The number of para-hydroxylation sites is 1. The van der Waals surface area contributed by atoms with Gasteiger partial charge < -0.3 is 15.1 Å². The molecule has 2 aromatic carbocycles. The molecule has 1 aliphatic rings. The number of hydrogen-bond donors (Lipinski definition) is 1. The maximum Gasteiger partial charge on any atom is 0.267 e. The molecule has 1 heterocycles. The van der Waals surface area contributed by atoms with Gasteiger partial charge in [-0.15, -0.1) is 0 Å². The number of nitriles is 1. The second-order valence-electron chi connectivity index (χ2n) is 7.27. The summed E-state index contributed by atoms with van der Waals surface area (Å²) in [5, 5.41) is 13.3. The monoisotopic (exact) mass is 422 g/mol. The van der Waals surface area contributed by atoms with Gasteiger partial charge in [0, 0.05) is 48.8 Å². The number of benzene rings is 2. The summed E-state index contributed by atoms with van der Waals surface area (Å²) >= 11 is 6.10. The molecule has 0 bridgehead atoms. The summed E-state index contributed by atoms with van der Waals surface area (Å²) in [5.74, 6) is -0.356. The van der Waals surface area contributed by atoms with E-state index in [1.165, 1.54) is 0 Å². The number of halogens is 1. The van der Waals surface area contributed by atoms with E-state index in [1.807, 2.05) is 47.4 Å². The Morgan fingerprint density at radius 1 is 1.10 bits per heavy atom. The van der Waals surface area contributed by atoms with Crippen molar-refractivity contribution in [2.24, 2.45) is 0 Å². The van der Waals surface area contributed by atoms with E-state index in [1.54, 1.807) is 6.20 Å². The first-order valence-electron chi connectivity index (χ1n) is 10.3. The molecule has 1 amide bonds. The summed E-state index contributed by atoms with van der Waals surface area (Å²) in [4.78, 5) is 17.1. The zero-order valence-corrected chi connectivity index (χ0v) is 18.2. The number of nitrogens with one attached hydrogen (secondary N) is 1. The average Bonchev–Trinajstić information content (AvgIpc) is 2.77. The Morgan fingerprint density at radius 3 is 2.30 bits per heavy atom. The Morgan fingerprint density at radius 2 is 1.73 bits per heavy atom. The predicted molar refractivity (Wildman–Crippen MR) is 123 cm³/mol. The first-order chi connectivity index (χ1) is 14.5. The van der Waals surface area contributed by atoms with Crippen LogP contribution in [-0.4, -0.2) is 37.0 Å². The van der Waals surface area contributed by atoms with Gasteiger partial charge in [-0.2, -0.15) is 5.26 Å². The average molecular weight is 423 g/mol. The maximum absolute atomic E-state index is 12.8. The first kappa shape index (κ1) is 21.7. The molecule has 156 valence electrons. The second-order valence-corrected chi connectivity index (χ2v) is 7.71. The van der Waals surface area contributed by atoms with Crippen LogP contribution in [0.2, 0.25) is 5.02 Å². The maximum atomic E-state index is 12.8. The Balaban J connectivity index is 1.68. The van der Waals surface area contributed by atoms with Crippen molar-refractivity contribution in [3.05, 3.63) is 70.4 Å². The van der Waals surface area contributed by atoms with Crippen molar-refractivity contribution in [3.8, 4) is 6.07 Å². The molecule has 0 atom stereocenters. The molecule has 1 fully saturated rings. The molecule has 0 spiro atoms. The van der Waals surface area contributed by atoms with Gasteiger partial charge in [0.2, 0.25) is 0 Å². The molecule has 0 radical (unpaired) electrons.